The molecule has 2 rings (SSSR count). The van der Waals surface area contributed by atoms with Crippen LogP contribution >= 0.6 is 0 Å². The van der Waals surface area contributed by atoms with Crippen molar-refractivity contribution >= 4 is 10.0 Å². The molecule has 1 saturated carbocycles. The van der Waals surface area contributed by atoms with Crippen molar-refractivity contribution in [2.45, 2.75) is 32.1 Å². The molecule has 0 amide bonds. The largest absolute Gasteiger partial charge is 0.330 e. The van der Waals surface area contributed by atoms with Gasteiger partial charge in [-0.05, 0) is 48.9 Å². The van der Waals surface area contributed by atoms with E-state index < -0.39 is 10.0 Å². The minimum absolute atomic E-state index is 0.0241. The summed E-state index contributed by atoms with van der Waals surface area (Å²) in [5, 5.41) is 0. The molecule has 6 heteroatoms. The SMILES string of the molecule is NCC1(CNS(=O)(=O)CCc2ccncc2)CCCC1. The summed E-state index contributed by atoms with van der Waals surface area (Å²) >= 11 is 0. The molecular weight excluding hydrogens is 274 g/mol. The van der Waals surface area contributed by atoms with Gasteiger partial charge in [0, 0.05) is 18.9 Å². The monoisotopic (exact) mass is 297 g/mol. The number of hydrogen-bond donors (Lipinski definition) is 2. The second-order valence-corrected chi connectivity index (χ2v) is 7.58. The fraction of sp³-hybridized carbons (Fsp3) is 0.643. The second kappa shape index (κ2) is 6.65. The van der Waals surface area contributed by atoms with Gasteiger partial charge in [0.05, 0.1) is 5.75 Å². The maximum atomic E-state index is 12.1. The lowest BCUT2D eigenvalue weighted by Crippen LogP contribution is -2.41. The third kappa shape index (κ3) is 4.26. The van der Waals surface area contributed by atoms with Gasteiger partial charge in [0.25, 0.3) is 0 Å². The first kappa shape index (κ1) is 15.4. The Hall–Kier alpha value is -0.980. The summed E-state index contributed by atoms with van der Waals surface area (Å²) in [4.78, 5) is 3.92. The Labute approximate surface area is 121 Å². The first-order chi connectivity index (χ1) is 9.55. The zero-order chi connectivity index (χ0) is 14.5. The van der Waals surface area contributed by atoms with Crippen LogP contribution in [-0.2, 0) is 16.4 Å². The van der Waals surface area contributed by atoms with Gasteiger partial charge in [0.2, 0.25) is 10.0 Å². The van der Waals surface area contributed by atoms with Gasteiger partial charge in [0.1, 0.15) is 0 Å². The van der Waals surface area contributed by atoms with E-state index in [-0.39, 0.29) is 11.2 Å². The minimum atomic E-state index is -3.24. The number of pyridine rings is 1. The molecule has 0 spiro atoms. The van der Waals surface area contributed by atoms with Gasteiger partial charge in [-0.1, -0.05) is 12.8 Å². The molecular formula is C14H23N3O2S. The Morgan fingerprint density at radius 3 is 2.50 bits per heavy atom. The molecule has 1 aliphatic carbocycles. The lowest BCUT2D eigenvalue weighted by atomic mass is 9.87. The van der Waals surface area contributed by atoms with E-state index in [1.807, 2.05) is 12.1 Å². The lowest BCUT2D eigenvalue weighted by Gasteiger charge is -2.27. The third-order valence-corrected chi connectivity index (χ3v) is 5.50. The number of sulfonamides is 1. The van der Waals surface area contributed by atoms with Crippen molar-refractivity contribution in [2.24, 2.45) is 11.1 Å². The highest BCUT2D eigenvalue weighted by atomic mass is 32.2. The lowest BCUT2D eigenvalue weighted by molar-refractivity contribution is 0.309. The molecule has 0 unspecified atom stereocenters. The summed E-state index contributed by atoms with van der Waals surface area (Å²) in [6, 6.07) is 3.68. The number of aryl methyl sites for hydroxylation is 1. The fourth-order valence-corrected chi connectivity index (χ4v) is 3.89. The maximum Gasteiger partial charge on any atom is 0.211 e. The van der Waals surface area contributed by atoms with Gasteiger partial charge in [-0.2, -0.15) is 0 Å². The van der Waals surface area contributed by atoms with E-state index in [0.29, 0.717) is 19.5 Å². The van der Waals surface area contributed by atoms with Crippen LogP contribution in [0.2, 0.25) is 0 Å². The van der Waals surface area contributed by atoms with Crippen LogP contribution in [0.5, 0.6) is 0 Å². The number of nitrogens with two attached hydrogens (primary N) is 1. The van der Waals surface area contributed by atoms with Crippen LogP contribution in [0.4, 0.5) is 0 Å². The van der Waals surface area contributed by atoms with E-state index >= 15 is 0 Å². The first-order valence-electron chi connectivity index (χ1n) is 7.12. The summed E-state index contributed by atoms with van der Waals surface area (Å²) < 4.78 is 26.8. The average molecular weight is 297 g/mol. The Morgan fingerprint density at radius 2 is 1.90 bits per heavy atom. The fourth-order valence-electron chi connectivity index (χ4n) is 2.71. The van der Waals surface area contributed by atoms with E-state index in [1.165, 1.54) is 0 Å². The molecule has 5 nitrogen and oxygen atoms in total. The molecule has 20 heavy (non-hydrogen) atoms. The number of nitrogens with one attached hydrogen (secondary N) is 1. The van der Waals surface area contributed by atoms with Crippen LogP contribution in [0.1, 0.15) is 31.2 Å². The minimum Gasteiger partial charge on any atom is -0.330 e. The summed E-state index contributed by atoms with van der Waals surface area (Å²) in [5.41, 5.74) is 6.78. The Morgan fingerprint density at radius 1 is 1.25 bits per heavy atom. The van der Waals surface area contributed by atoms with Gasteiger partial charge in [-0.25, -0.2) is 13.1 Å². The predicted octanol–water partition coefficient (Wildman–Crippen LogP) is 1.06. The molecule has 0 radical (unpaired) electrons. The van der Waals surface area contributed by atoms with Gasteiger partial charge in [0.15, 0.2) is 0 Å². The molecule has 1 aliphatic rings. The van der Waals surface area contributed by atoms with Crippen LogP contribution in [0, 0.1) is 5.41 Å². The van der Waals surface area contributed by atoms with Crippen molar-refractivity contribution in [1.82, 2.24) is 9.71 Å². The van der Waals surface area contributed by atoms with E-state index in [4.69, 9.17) is 5.73 Å². The number of nitrogens with zero attached hydrogens (tertiary/aromatic N) is 1. The molecule has 0 aliphatic heterocycles. The Balaban J connectivity index is 1.85. The number of aromatic nitrogens is 1. The predicted molar refractivity (Wildman–Crippen MR) is 79.7 cm³/mol. The Kier molecular flexibility index (Phi) is 5.12. The van der Waals surface area contributed by atoms with Gasteiger partial charge >= 0.3 is 0 Å². The Bertz CT molecular complexity index is 510. The molecule has 1 fully saturated rings. The maximum absolute atomic E-state index is 12.1. The average Bonchev–Trinajstić information content (AvgIpc) is 2.94. The third-order valence-electron chi connectivity index (χ3n) is 4.17. The van der Waals surface area contributed by atoms with Crippen molar-refractivity contribution in [2.75, 3.05) is 18.8 Å². The molecule has 0 aromatic carbocycles. The molecule has 1 aromatic heterocycles. The standard InChI is InChI=1S/C14H23N3O2S/c15-11-14(6-1-2-7-14)12-17-20(18,19)10-5-13-3-8-16-9-4-13/h3-4,8-9,17H,1-2,5-7,10-12,15H2. The van der Waals surface area contributed by atoms with Crippen molar-refractivity contribution in [3.05, 3.63) is 30.1 Å². The molecule has 0 bridgehead atoms. The normalized spacial score (nSPS) is 18.2. The molecule has 1 aromatic rings. The number of hydrogen-bond acceptors (Lipinski definition) is 4. The summed E-state index contributed by atoms with van der Waals surface area (Å²) in [6.45, 7) is 1.03. The summed E-state index contributed by atoms with van der Waals surface area (Å²) in [6.07, 6.45) is 8.21. The smallest absolute Gasteiger partial charge is 0.211 e. The van der Waals surface area contributed by atoms with Crippen LogP contribution in [0.15, 0.2) is 24.5 Å². The van der Waals surface area contributed by atoms with E-state index in [1.54, 1.807) is 12.4 Å². The highest BCUT2D eigenvalue weighted by Gasteiger charge is 2.33. The second-order valence-electron chi connectivity index (χ2n) is 5.66. The van der Waals surface area contributed by atoms with Crippen LogP contribution < -0.4 is 10.5 Å². The molecule has 3 N–H and O–H groups in total. The van der Waals surface area contributed by atoms with E-state index in [2.05, 4.69) is 9.71 Å². The number of rotatable bonds is 7. The van der Waals surface area contributed by atoms with Gasteiger partial charge in [-0.15, -0.1) is 0 Å². The summed E-state index contributed by atoms with van der Waals surface area (Å²) in [7, 11) is -3.24. The van der Waals surface area contributed by atoms with Crippen LogP contribution in [0.25, 0.3) is 0 Å². The zero-order valence-corrected chi connectivity index (χ0v) is 12.5. The zero-order valence-electron chi connectivity index (χ0n) is 11.7. The first-order valence-corrected chi connectivity index (χ1v) is 8.77. The van der Waals surface area contributed by atoms with Gasteiger partial charge < -0.3 is 5.73 Å². The highest BCUT2D eigenvalue weighted by Crippen LogP contribution is 2.36. The molecule has 1 heterocycles. The van der Waals surface area contributed by atoms with Crippen molar-refractivity contribution in [3.63, 3.8) is 0 Å². The van der Waals surface area contributed by atoms with Crippen LogP contribution in [0.3, 0.4) is 0 Å². The molecule has 0 saturated heterocycles. The van der Waals surface area contributed by atoms with Gasteiger partial charge in [-0.3, -0.25) is 4.98 Å². The molecule has 112 valence electrons. The highest BCUT2D eigenvalue weighted by molar-refractivity contribution is 7.89. The van der Waals surface area contributed by atoms with Crippen LogP contribution in [-0.4, -0.2) is 32.2 Å². The van der Waals surface area contributed by atoms with Crippen molar-refractivity contribution in [3.8, 4) is 0 Å². The topological polar surface area (TPSA) is 85.1 Å². The van der Waals surface area contributed by atoms with Crippen molar-refractivity contribution in [1.29, 1.82) is 0 Å². The van der Waals surface area contributed by atoms with E-state index in [0.717, 1.165) is 31.2 Å². The summed E-state index contributed by atoms with van der Waals surface area (Å²) in [5.74, 6) is 0.109. The van der Waals surface area contributed by atoms with E-state index in [9.17, 15) is 8.42 Å². The quantitative estimate of drug-likeness (QED) is 0.788. The molecule has 0 atom stereocenters. The van der Waals surface area contributed by atoms with Crippen molar-refractivity contribution < 1.29 is 8.42 Å².